The lowest BCUT2D eigenvalue weighted by molar-refractivity contribution is -0.146. The van der Waals surface area contributed by atoms with E-state index in [2.05, 4.69) is 5.32 Å². The molecule has 0 spiro atoms. The second-order valence-corrected chi connectivity index (χ2v) is 9.35. The summed E-state index contributed by atoms with van der Waals surface area (Å²) >= 11 is 0. The first kappa shape index (κ1) is 18.5. The van der Waals surface area contributed by atoms with Gasteiger partial charge in [-0.25, -0.2) is 8.42 Å². The Morgan fingerprint density at radius 2 is 1.92 bits per heavy atom. The molecular weight excluding hydrogens is 360 g/mol. The molecule has 3 rings (SSSR count). The molecule has 8 nitrogen and oxygen atoms in total. The predicted octanol–water partition coefficient (Wildman–Crippen LogP) is 1.03. The van der Waals surface area contributed by atoms with E-state index in [0.29, 0.717) is 23.6 Å². The Labute approximate surface area is 152 Å². The molecule has 1 unspecified atom stereocenters. The summed E-state index contributed by atoms with van der Waals surface area (Å²) in [5.41, 5.74) is -0.858. The number of carbonyl (C=O) groups is 2. The number of amides is 2. The fourth-order valence-electron chi connectivity index (χ4n) is 3.05. The highest BCUT2D eigenvalue weighted by atomic mass is 32.2. The van der Waals surface area contributed by atoms with E-state index < -0.39 is 33.1 Å². The van der Waals surface area contributed by atoms with E-state index in [1.165, 1.54) is 18.7 Å². The first-order valence-corrected chi connectivity index (χ1v) is 10.1. The van der Waals surface area contributed by atoms with Gasteiger partial charge in [0, 0.05) is 24.8 Å². The summed E-state index contributed by atoms with van der Waals surface area (Å²) < 4.78 is 33.8. The van der Waals surface area contributed by atoms with Crippen molar-refractivity contribution in [2.75, 3.05) is 30.7 Å². The lowest BCUT2D eigenvalue weighted by Gasteiger charge is -2.31. The molecule has 1 saturated heterocycles. The zero-order valence-electron chi connectivity index (χ0n) is 14.9. The highest BCUT2D eigenvalue weighted by Gasteiger charge is 2.42. The number of rotatable bonds is 4. The molecule has 142 valence electrons. The van der Waals surface area contributed by atoms with Gasteiger partial charge in [0.1, 0.15) is 5.41 Å². The zero-order valence-corrected chi connectivity index (χ0v) is 15.8. The highest BCUT2D eigenvalue weighted by Crippen LogP contribution is 2.35. The summed E-state index contributed by atoms with van der Waals surface area (Å²) in [4.78, 5) is 26.9. The molecule has 0 radical (unpaired) electrons. The molecule has 1 aromatic rings. The molecule has 2 aliphatic heterocycles. The van der Waals surface area contributed by atoms with E-state index in [1.54, 1.807) is 25.2 Å². The van der Waals surface area contributed by atoms with E-state index in [9.17, 15) is 18.0 Å². The Balaban J connectivity index is 1.70. The van der Waals surface area contributed by atoms with Crippen LogP contribution in [0.3, 0.4) is 0 Å². The van der Waals surface area contributed by atoms with E-state index in [0.717, 1.165) is 0 Å². The number of ether oxygens (including phenoxy) is 2. The van der Waals surface area contributed by atoms with Crippen LogP contribution in [0.1, 0.15) is 20.3 Å². The van der Waals surface area contributed by atoms with Gasteiger partial charge in [0.2, 0.25) is 18.6 Å². The van der Waals surface area contributed by atoms with E-state index in [1.807, 2.05) is 0 Å². The van der Waals surface area contributed by atoms with Crippen LogP contribution in [0, 0.1) is 5.41 Å². The minimum atomic E-state index is -3.11. The predicted molar refractivity (Wildman–Crippen MR) is 94.8 cm³/mol. The highest BCUT2D eigenvalue weighted by molar-refractivity contribution is 7.91. The number of nitrogens with zero attached hydrogens (tertiary/aromatic N) is 1. The van der Waals surface area contributed by atoms with Crippen LogP contribution in [0.25, 0.3) is 0 Å². The van der Waals surface area contributed by atoms with E-state index in [-0.39, 0.29) is 18.3 Å². The van der Waals surface area contributed by atoms with Crippen molar-refractivity contribution in [2.45, 2.75) is 26.3 Å². The molecule has 0 bridgehead atoms. The summed E-state index contributed by atoms with van der Waals surface area (Å²) in [5.74, 6) is 0.237. The first-order valence-electron chi connectivity index (χ1n) is 8.29. The molecule has 1 fully saturated rings. The SMILES string of the molecule is CN(C(=O)C(C)(C)C(=O)Nc1ccc2c(c1)OCO2)C1CCS(=O)(=O)C1. The average Bonchev–Trinajstić information content (AvgIpc) is 3.18. The van der Waals surface area contributed by atoms with Crippen LogP contribution < -0.4 is 14.8 Å². The van der Waals surface area contributed by atoms with Crippen molar-refractivity contribution in [3.8, 4) is 11.5 Å². The number of fused-ring (bicyclic) bond motifs is 1. The Bertz CT molecular complexity index is 849. The number of hydrogen-bond acceptors (Lipinski definition) is 6. The Morgan fingerprint density at radius 3 is 2.58 bits per heavy atom. The van der Waals surface area contributed by atoms with Gasteiger partial charge in [-0.15, -0.1) is 0 Å². The van der Waals surface area contributed by atoms with Crippen molar-refractivity contribution in [2.24, 2.45) is 5.41 Å². The van der Waals surface area contributed by atoms with Gasteiger partial charge in [-0.3, -0.25) is 9.59 Å². The van der Waals surface area contributed by atoms with Crippen molar-refractivity contribution in [1.29, 1.82) is 0 Å². The summed E-state index contributed by atoms with van der Waals surface area (Å²) in [7, 11) is -1.57. The monoisotopic (exact) mass is 382 g/mol. The Kier molecular flexibility index (Phi) is 4.60. The van der Waals surface area contributed by atoms with Crippen LogP contribution in [0.4, 0.5) is 5.69 Å². The lowest BCUT2D eigenvalue weighted by Crippen LogP contribution is -2.49. The smallest absolute Gasteiger partial charge is 0.239 e. The third-order valence-electron chi connectivity index (χ3n) is 4.81. The largest absolute Gasteiger partial charge is 0.454 e. The molecule has 2 heterocycles. The minimum Gasteiger partial charge on any atom is -0.454 e. The number of hydrogen-bond donors (Lipinski definition) is 1. The Hall–Kier alpha value is -2.29. The first-order chi connectivity index (χ1) is 12.1. The molecule has 0 aromatic heterocycles. The maximum absolute atomic E-state index is 12.8. The molecule has 2 aliphatic rings. The van der Waals surface area contributed by atoms with Crippen molar-refractivity contribution in [3.63, 3.8) is 0 Å². The van der Waals surface area contributed by atoms with Crippen LogP contribution in [0.2, 0.25) is 0 Å². The van der Waals surface area contributed by atoms with Crippen LogP contribution >= 0.6 is 0 Å². The summed E-state index contributed by atoms with van der Waals surface area (Å²) in [5, 5.41) is 2.71. The van der Waals surface area contributed by atoms with Gasteiger partial charge in [0.05, 0.1) is 11.5 Å². The van der Waals surface area contributed by atoms with Gasteiger partial charge < -0.3 is 19.7 Å². The molecule has 1 N–H and O–H groups in total. The molecule has 2 amide bonds. The van der Waals surface area contributed by atoms with Crippen LogP contribution in [0.15, 0.2) is 18.2 Å². The van der Waals surface area contributed by atoms with Crippen LogP contribution in [-0.2, 0) is 19.4 Å². The van der Waals surface area contributed by atoms with Crippen LogP contribution in [-0.4, -0.2) is 56.5 Å². The van der Waals surface area contributed by atoms with Crippen molar-refractivity contribution in [1.82, 2.24) is 4.90 Å². The van der Waals surface area contributed by atoms with Gasteiger partial charge in [-0.1, -0.05) is 0 Å². The number of nitrogens with one attached hydrogen (secondary N) is 1. The molecule has 1 atom stereocenters. The maximum Gasteiger partial charge on any atom is 0.239 e. The molecule has 26 heavy (non-hydrogen) atoms. The number of sulfone groups is 1. The minimum absolute atomic E-state index is 0.0604. The van der Waals surface area contributed by atoms with E-state index >= 15 is 0 Å². The molecular formula is C17H22N2O6S. The summed E-state index contributed by atoms with van der Waals surface area (Å²) in [6, 6.07) is 4.58. The Morgan fingerprint density at radius 1 is 1.23 bits per heavy atom. The van der Waals surface area contributed by atoms with Crippen molar-refractivity contribution in [3.05, 3.63) is 18.2 Å². The van der Waals surface area contributed by atoms with Gasteiger partial charge >= 0.3 is 0 Å². The fraction of sp³-hybridized carbons (Fsp3) is 0.529. The molecule has 9 heteroatoms. The summed E-state index contributed by atoms with van der Waals surface area (Å²) in [6.07, 6.45) is 0.393. The van der Waals surface area contributed by atoms with Gasteiger partial charge in [0.25, 0.3) is 0 Å². The number of benzene rings is 1. The normalized spacial score (nSPS) is 20.7. The quantitative estimate of drug-likeness (QED) is 0.781. The molecule has 1 aromatic carbocycles. The average molecular weight is 382 g/mol. The maximum atomic E-state index is 12.8. The number of carbonyl (C=O) groups excluding carboxylic acids is 2. The third kappa shape index (κ3) is 3.48. The van der Waals surface area contributed by atoms with Crippen molar-refractivity contribution < 1.29 is 27.5 Å². The van der Waals surface area contributed by atoms with Gasteiger partial charge in [-0.05, 0) is 32.4 Å². The standard InChI is InChI=1S/C17H22N2O6S/c1-17(2,16(21)19(3)12-6-7-26(22,23)9-12)15(20)18-11-4-5-13-14(8-11)25-10-24-13/h4-5,8,12H,6-7,9-10H2,1-3H3,(H,18,20). The van der Waals surface area contributed by atoms with E-state index in [4.69, 9.17) is 9.47 Å². The third-order valence-corrected chi connectivity index (χ3v) is 6.56. The second kappa shape index (κ2) is 6.46. The van der Waals surface area contributed by atoms with Gasteiger partial charge in [-0.2, -0.15) is 0 Å². The topological polar surface area (TPSA) is 102 Å². The van der Waals surface area contributed by atoms with Crippen LogP contribution in [0.5, 0.6) is 11.5 Å². The zero-order chi connectivity index (χ0) is 19.1. The summed E-state index contributed by atoms with van der Waals surface area (Å²) in [6.45, 7) is 3.18. The second-order valence-electron chi connectivity index (χ2n) is 7.12. The fourth-order valence-corrected chi connectivity index (χ4v) is 4.82. The number of anilines is 1. The molecule has 0 saturated carbocycles. The molecule has 0 aliphatic carbocycles. The van der Waals surface area contributed by atoms with Crippen molar-refractivity contribution >= 4 is 27.3 Å². The lowest BCUT2D eigenvalue weighted by atomic mass is 9.89. The van der Waals surface area contributed by atoms with Gasteiger partial charge in [0.15, 0.2) is 21.3 Å².